The molecule has 1 fully saturated rings. The Morgan fingerprint density at radius 3 is 2.40 bits per heavy atom. The molecule has 0 spiro atoms. The first-order valence-corrected chi connectivity index (χ1v) is 12.7. The highest BCUT2D eigenvalue weighted by atomic mass is 79.9. The van der Waals surface area contributed by atoms with Crippen LogP contribution in [0.5, 0.6) is 0 Å². The van der Waals surface area contributed by atoms with Crippen LogP contribution in [0.4, 0.5) is 5.69 Å². The SMILES string of the molecule is CCc1cccc(C)c1NC(=O)CN(C1CCCCC1)S(=O)(=O)c1ccc(Br)cc1. The Morgan fingerprint density at radius 2 is 1.77 bits per heavy atom. The van der Waals surface area contributed by atoms with Crippen LogP contribution in [-0.4, -0.2) is 31.2 Å². The molecule has 1 saturated carbocycles. The Kier molecular flexibility index (Phi) is 7.71. The summed E-state index contributed by atoms with van der Waals surface area (Å²) >= 11 is 3.35. The fraction of sp³-hybridized carbons (Fsp3) is 0.435. The molecule has 1 amide bonds. The van der Waals surface area contributed by atoms with E-state index in [1.165, 1.54) is 4.31 Å². The summed E-state index contributed by atoms with van der Waals surface area (Å²) in [5, 5.41) is 2.98. The second-order valence-electron chi connectivity index (χ2n) is 7.81. The number of carbonyl (C=O) groups is 1. The van der Waals surface area contributed by atoms with Gasteiger partial charge in [0.1, 0.15) is 0 Å². The van der Waals surface area contributed by atoms with E-state index in [0.29, 0.717) is 0 Å². The number of anilines is 1. The number of hydrogen-bond acceptors (Lipinski definition) is 3. The van der Waals surface area contributed by atoms with Gasteiger partial charge in [0.05, 0.1) is 11.4 Å². The second-order valence-corrected chi connectivity index (χ2v) is 10.6. The second kappa shape index (κ2) is 10.1. The molecule has 0 aliphatic heterocycles. The first kappa shape index (κ1) is 23.0. The molecule has 0 unspecified atom stereocenters. The summed E-state index contributed by atoms with van der Waals surface area (Å²) in [7, 11) is -3.78. The largest absolute Gasteiger partial charge is 0.324 e. The van der Waals surface area contributed by atoms with E-state index in [9.17, 15) is 13.2 Å². The number of nitrogens with one attached hydrogen (secondary N) is 1. The van der Waals surface area contributed by atoms with Crippen LogP contribution >= 0.6 is 15.9 Å². The van der Waals surface area contributed by atoms with E-state index in [4.69, 9.17) is 0 Å². The lowest BCUT2D eigenvalue weighted by Crippen LogP contribution is -2.45. The van der Waals surface area contributed by atoms with Gasteiger partial charge in [0, 0.05) is 16.2 Å². The third kappa shape index (κ3) is 5.31. The molecule has 5 nitrogen and oxygen atoms in total. The van der Waals surface area contributed by atoms with Crippen molar-refractivity contribution >= 4 is 37.5 Å². The summed E-state index contributed by atoms with van der Waals surface area (Å²) < 4.78 is 29.1. The van der Waals surface area contributed by atoms with Gasteiger partial charge in [0.15, 0.2) is 0 Å². The van der Waals surface area contributed by atoms with Crippen LogP contribution in [0.15, 0.2) is 51.8 Å². The van der Waals surface area contributed by atoms with E-state index < -0.39 is 10.0 Å². The van der Waals surface area contributed by atoms with E-state index in [1.54, 1.807) is 24.3 Å². The number of halogens is 1. The van der Waals surface area contributed by atoms with Gasteiger partial charge in [-0.3, -0.25) is 4.79 Å². The van der Waals surface area contributed by atoms with E-state index in [1.807, 2.05) is 32.0 Å². The fourth-order valence-electron chi connectivity index (χ4n) is 4.04. The Bertz CT molecular complexity index is 984. The molecule has 0 saturated heterocycles. The zero-order valence-electron chi connectivity index (χ0n) is 17.5. The van der Waals surface area contributed by atoms with Gasteiger partial charge in [-0.2, -0.15) is 4.31 Å². The standard InChI is InChI=1S/C23H29BrN2O3S/c1-3-18-9-7-8-17(2)23(18)25-22(27)16-26(20-10-5-4-6-11-20)30(28,29)21-14-12-19(24)13-15-21/h7-9,12-15,20H,3-6,10-11,16H2,1-2H3,(H,25,27). The number of aryl methyl sites for hydroxylation is 2. The maximum Gasteiger partial charge on any atom is 0.243 e. The van der Waals surface area contributed by atoms with Crippen molar-refractivity contribution in [2.24, 2.45) is 0 Å². The number of nitrogens with zero attached hydrogens (tertiary/aromatic N) is 1. The van der Waals surface area contributed by atoms with Gasteiger partial charge in [-0.1, -0.05) is 60.3 Å². The highest BCUT2D eigenvalue weighted by Gasteiger charge is 2.34. The average Bonchev–Trinajstić information content (AvgIpc) is 2.74. The molecule has 1 aliphatic rings. The van der Waals surface area contributed by atoms with Crippen LogP contribution in [0.25, 0.3) is 0 Å². The first-order chi connectivity index (χ1) is 14.3. The zero-order valence-corrected chi connectivity index (χ0v) is 19.9. The molecule has 162 valence electrons. The lowest BCUT2D eigenvalue weighted by Gasteiger charge is -2.33. The van der Waals surface area contributed by atoms with Crippen LogP contribution in [-0.2, 0) is 21.2 Å². The van der Waals surface area contributed by atoms with Gasteiger partial charge in [-0.25, -0.2) is 8.42 Å². The number of rotatable bonds is 7. The molecule has 1 N–H and O–H groups in total. The first-order valence-electron chi connectivity index (χ1n) is 10.5. The number of para-hydroxylation sites is 1. The van der Waals surface area contributed by atoms with Crippen LogP contribution in [0, 0.1) is 6.92 Å². The third-order valence-electron chi connectivity index (χ3n) is 5.71. The summed E-state index contributed by atoms with van der Waals surface area (Å²) in [4.78, 5) is 13.2. The molecule has 3 rings (SSSR count). The summed E-state index contributed by atoms with van der Waals surface area (Å²) in [5.74, 6) is -0.301. The number of hydrogen-bond donors (Lipinski definition) is 1. The van der Waals surface area contributed by atoms with E-state index in [-0.39, 0.29) is 23.4 Å². The fourth-order valence-corrected chi connectivity index (χ4v) is 5.95. The monoisotopic (exact) mass is 492 g/mol. The summed E-state index contributed by atoms with van der Waals surface area (Å²) in [5.41, 5.74) is 2.81. The molecule has 0 radical (unpaired) electrons. The predicted molar refractivity (Wildman–Crippen MR) is 124 cm³/mol. The van der Waals surface area contributed by atoms with Gasteiger partial charge >= 0.3 is 0 Å². The topological polar surface area (TPSA) is 66.5 Å². The van der Waals surface area contributed by atoms with Crippen LogP contribution in [0.3, 0.4) is 0 Å². The molecular weight excluding hydrogens is 464 g/mol. The minimum Gasteiger partial charge on any atom is -0.324 e. The summed E-state index contributed by atoms with van der Waals surface area (Å²) in [6.45, 7) is 3.81. The molecule has 0 heterocycles. The van der Waals surface area contributed by atoms with Crippen molar-refractivity contribution in [3.05, 3.63) is 58.1 Å². The van der Waals surface area contributed by atoms with Crippen molar-refractivity contribution in [3.63, 3.8) is 0 Å². The van der Waals surface area contributed by atoms with E-state index in [0.717, 1.165) is 59.8 Å². The highest BCUT2D eigenvalue weighted by molar-refractivity contribution is 9.10. The van der Waals surface area contributed by atoms with Crippen molar-refractivity contribution in [2.45, 2.75) is 63.3 Å². The molecular formula is C23H29BrN2O3S. The van der Waals surface area contributed by atoms with Crippen molar-refractivity contribution in [1.29, 1.82) is 0 Å². The van der Waals surface area contributed by atoms with Crippen LogP contribution in [0.2, 0.25) is 0 Å². The summed E-state index contributed by atoms with van der Waals surface area (Å²) in [6, 6.07) is 12.4. The lowest BCUT2D eigenvalue weighted by atomic mass is 9.95. The maximum absolute atomic E-state index is 13.5. The molecule has 0 bridgehead atoms. The van der Waals surface area contributed by atoms with Gasteiger partial charge in [-0.15, -0.1) is 0 Å². The smallest absolute Gasteiger partial charge is 0.243 e. The van der Waals surface area contributed by atoms with Crippen molar-refractivity contribution < 1.29 is 13.2 Å². The van der Waals surface area contributed by atoms with Gasteiger partial charge in [-0.05, 0) is 61.6 Å². The van der Waals surface area contributed by atoms with Crippen molar-refractivity contribution in [3.8, 4) is 0 Å². The normalized spacial score (nSPS) is 15.3. The number of amides is 1. The third-order valence-corrected chi connectivity index (χ3v) is 8.15. The van der Waals surface area contributed by atoms with Gasteiger partial charge in [0.25, 0.3) is 0 Å². The predicted octanol–water partition coefficient (Wildman–Crippen LogP) is 5.28. The molecule has 2 aromatic rings. The minimum absolute atomic E-state index is 0.152. The summed E-state index contributed by atoms with van der Waals surface area (Å²) in [6.07, 6.45) is 5.44. The van der Waals surface area contributed by atoms with Crippen molar-refractivity contribution in [1.82, 2.24) is 4.31 Å². The average molecular weight is 493 g/mol. The quantitative estimate of drug-likeness (QED) is 0.571. The Labute approximate surface area is 188 Å². The molecule has 2 aromatic carbocycles. The number of sulfonamides is 1. The molecule has 0 atom stereocenters. The lowest BCUT2D eigenvalue weighted by molar-refractivity contribution is -0.116. The number of carbonyl (C=O) groups excluding carboxylic acids is 1. The van der Waals surface area contributed by atoms with E-state index >= 15 is 0 Å². The van der Waals surface area contributed by atoms with Gasteiger partial charge < -0.3 is 5.32 Å². The van der Waals surface area contributed by atoms with E-state index in [2.05, 4.69) is 21.2 Å². The Hall–Kier alpha value is -1.70. The molecule has 30 heavy (non-hydrogen) atoms. The van der Waals surface area contributed by atoms with Gasteiger partial charge in [0.2, 0.25) is 15.9 Å². The maximum atomic E-state index is 13.5. The highest BCUT2D eigenvalue weighted by Crippen LogP contribution is 2.29. The Morgan fingerprint density at radius 1 is 1.10 bits per heavy atom. The van der Waals surface area contributed by atoms with Crippen molar-refractivity contribution in [2.75, 3.05) is 11.9 Å². The minimum atomic E-state index is -3.78. The van der Waals surface area contributed by atoms with Crippen LogP contribution < -0.4 is 5.32 Å². The van der Waals surface area contributed by atoms with Crippen LogP contribution in [0.1, 0.15) is 50.2 Å². The molecule has 7 heteroatoms. The zero-order chi connectivity index (χ0) is 21.7. The molecule has 1 aliphatic carbocycles. The number of benzene rings is 2. The Balaban J connectivity index is 1.88. The molecule has 0 aromatic heterocycles.